The summed E-state index contributed by atoms with van der Waals surface area (Å²) >= 11 is 0. The first-order valence-electron chi connectivity index (χ1n) is 8.01. The van der Waals surface area contributed by atoms with Crippen LogP contribution in [-0.2, 0) is 23.1 Å². The minimum Gasteiger partial charge on any atom is -0.468 e. The third kappa shape index (κ3) is 5.11. The van der Waals surface area contributed by atoms with Gasteiger partial charge in [-0.15, -0.1) is 13.2 Å². The first-order chi connectivity index (χ1) is 13.2. The first-order valence-corrected chi connectivity index (χ1v) is 9.45. The van der Waals surface area contributed by atoms with Crippen molar-refractivity contribution in [3.63, 3.8) is 0 Å². The van der Waals surface area contributed by atoms with Gasteiger partial charge in [0.25, 0.3) is 0 Å². The number of aromatic nitrogens is 1. The van der Waals surface area contributed by atoms with Crippen molar-refractivity contribution in [1.82, 2.24) is 9.29 Å². The lowest BCUT2D eigenvalue weighted by atomic mass is 10.3. The fourth-order valence-corrected chi connectivity index (χ4v) is 3.85. The maximum atomic E-state index is 13.1. The Kier molecular flexibility index (Phi) is 5.71. The van der Waals surface area contributed by atoms with E-state index in [2.05, 4.69) is 9.72 Å². The molecule has 0 radical (unpaired) electrons. The predicted molar refractivity (Wildman–Crippen MR) is 92.5 cm³/mol. The summed E-state index contributed by atoms with van der Waals surface area (Å²) in [5.74, 6) is -0.0826. The molecule has 10 heteroatoms. The zero-order chi connectivity index (χ0) is 20.2. The summed E-state index contributed by atoms with van der Waals surface area (Å²) in [6.45, 7) is -0.0390. The SMILES string of the molecule is O=S(=O)(c1ccc(OC(F)(F)F)cc1)N(Cc1cccnc1)Cc1ccco1. The molecule has 0 aliphatic heterocycles. The fraction of sp³-hybridized carbons (Fsp3) is 0.167. The standard InChI is InChI=1S/C18H15F3N2O4S/c19-18(20,21)27-15-5-7-17(8-6-15)28(24,25)23(13-16-4-2-10-26-16)12-14-3-1-9-22-11-14/h1-11H,12-13H2. The van der Waals surface area contributed by atoms with Gasteiger partial charge < -0.3 is 9.15 Å². The Balaban J connectivity index is 1.88. The van der Waals surface area contributed by atoms with Gasteiger partial charge >= 0.3 is 6.36 Å². The van der Waals surface area contributed by atoms with E-state index >= 15 is 0 Å². The van der Waals surface area contributed by atoms with Gasteiger partial charge in [0.1, 0.15) is 11.5 Å². The van der Waals surface area contributed by atoms with Gasteiger partial charge in [-0.25, -0.2) is 8.42 Å². The number of ether oxygens (including phenoxy) is 1. The maximum absolute atomic E-state index is 13.1. The number of hydrogen-bond donors (Lipinski definition) is 0. The first kappa shape index (κ1) is 19.9. The van der Waals surface area contributed by atoms with E-state index in [4.69, 9.17) is 4.42 Å². The predicted octanol–water partition coefficient (Wildman–Crippen LogP) is 3.96. The number of pyridine rings is 1. The van der Waals surface area contributed by atoms with Crippen LogP contribution < -0.4 is 4.74 Å². The molecule has 28 heavy (non-hydrogen) atoms. The second-order valence-electron chi connectivity index (χ2n) is 5.73. The second kappa shape index (κ2) is 8.03. The summed E-state index contributed by atoms with van der Waals surface area (Å²) in [4.78, 5) is 3.80. The van der Waals surface area contributed by atoms with Gasteiger partial charge in [0.05, 0.1) is 17.7 Å². The summed E-state index contributed by atoms with van der Waals surface area (Å²) in [7, 11) is -4.03. The number of hydrogen-bond acceptors (Lipinski definition) is 5. The van der Waals surface area contributed by atoms with E-state index in [1.54, 1.807) is 30.5 Å². The largest absolute Gasteiger partial charge is 0.573 e. The lowest BCUT2D eigenvalue weighted by Gasteiger charge is -2.21. The minimum atomic E-state index is -4.86. The normalized spacial score (nSPS) is 12.3. The smallest absolute Gasteiger partial charge is 0.468 e. The number of nitrogens with zero attached hydrogens (tertiary/aromatic N) is 2. The molecule has 0 fully saturated rings. The number of halogens is 3. The van der Waals surface area contributed by atoms with Crippen LogP contribution in [0.15, 0.2) is 76.5 Å². The number of sulfonamides is 1. The van der Waals surface area contributed by atoms with Crippen LogP contribution in [0.25, 0.3) is 0 Å². The van der Waals surface area contributed by atoms with Crippen LogP contribution in [0.3, 0.4) is 0 Å². The highest BCUT2D eigenvalue weighted by molar-refractivity contribution is 7.89. The van der Waals surface area contributed by atoms with Crippen molar-refractivity contribution in [2.24, 2.45) is 0 Å². The van der Waals surface area contributed by atoms with E-state index in [1.807, 2.05) is 0 Å². The molecule has 2 heterocycles. The Morgan fingerprint density at radius 2 is 1.79 bits per heavy atom. The molecule has 0 saturated carbocycles. The molecule has 3 rings (SSSR count). The molecule has 0 N–H and O–H groups in total. The van der Waals surface area contributed by atoms with E-state index in [-0.39, 0.29) is 18.0 Å². The molecule has 0 saturated heterocycles. The molecule has 0 spiro atoms. The number of benzene rings is 1. The van der Waals surface area contributed by atoms with Crippen molar-refractivity contribution in [2.45, 2.75) is 24.3 Å². The third-order valence-electron chi connectivity index (χ3n) is 3.69. The Labute approximate surface area is 159 Å². The van der Waals surface area contributed by atoms with Gasteiger partial charge in [0.2, 0.25) is 10.0 Å². The topological polar surface area (TPSA) is 72.6 Å². The Morgan fingerprint density at radius 1 is 1.04 bits per heavy atom. The molecule has 0 aliphatic rings. The Bertz CT molecular complexity index is 990. The maximum Gasteiger partial charge on any atom is 0.573 e. The van der Waals surface area contributed by atoms with Crippen molar-refractivity contribution < 1.29 is 30.7 Å². The zero-order valence-electron chi connectivity index (χ0n) is 14.3. The summed E-state index contributed by atoms with van der Waals surface area (Å²) in [5, 5.41) is 0. The van der Waals surface area contributed by atoms with Crippen LogP contribution in [0.5, 0.6) is 5.75 Å². The van der Waals surface area contributed by atoms with Gasteiger partial charge in [-0.1, -0.05) is 6.07 Å². The van der Waals surface area contributed by atoms with Crippen LogP contribution in [0, 0.1) is 0 Å². The van der Waals surface area contributed by atoms with Crippen molar-refractivity contribution in [2.75, 3.05) is 0 Å². The molecule has 0 amide bonds. The lowest BCUT2D eigenvalue weighted by molar-refractivity contribution is -0.274. The van der Waals surface area contributed by atoms with Crippen LogP contribution in [0.1, 0.15) is 11.3 Å². The van der Waals surface area contributed by atoms with E-state index < -0.39 is 22.1 Å². The van der Waals surface area contributed by atoms with E-state index in [9.17, 15) is 21.6 Å². The van der Waals surface area contributed by atoms with Gasteiger partial charge in [0.15, 0.2) is 0 Å². The molecule has 0 bridgehead atoms. The minimum absolute atomic E-state index is 0.0116. The van der Waals surface area contributed by atoms with E-state index in [0.717, 1.165) is 28.6 Å². The summed E-state index contributed by atoms with van der Waals surface area (Å²) in [6.07, 6.45) is -0.335. The Morgan fingerprint density at radius 3 is 2.36 bits per heavy atom. The van der Waals surface area contributed by atoms with Gasteiger partial charge in [-0.05, 0) is 48.0 Å². The summed E-state index contributed by atoms with van der Waals surface area (Å²) in [5.41, 5.74) is 0.648. The highest BCUT2D eigenvalue weighted by atomic mass is 32.2. The molecule has 0 unspecified atom stereocenters. The van der Waals surface area contributed by atoms with Crippen molar-refractivity contribution in [3.05, 3.63) is 78.5 Å². The molecule has 2 aromatic heterocycles. The molecular weight excluding hydrogens is 397 g/mol. The average Bonchev–Trinajstić information content (AvgIpc) is 3.14. The highest BCUT2D eigenvalue weighted by Gasteiger charge is 2.31. The van der Waals surface area contributed by atoms with Crippen molar-refractivity contribution >= 4 is 10.0 Å². The summed E-state index contributed by atoms with van der Waals surface area (Å²) < 4.78 is 73.2. The molecule has 0 atom stereocenters. The number of alkyl halides is 3. The molecule has 148 valence electrons. The molecule has 0 aliphatic carbocycles. The van der Waals surface area contributed by atoms with E-state index in [1.165, 1.54) is 12.5 Å². The van der Waals surface area contributed by atoms with Gasteiger partial charge in [0, 0.05) is 18.9 Å². The van der Waals surface area contributed by atoms with Crippen molar-refractivity contribution in [1.29, 1.82) is 0 Å². The van der Waals surface area contributed by atoms with Crippen LogP contribution in [0.2, 0.25) is 0 Å². The summed E-state index contributed by atoms with van der Waals surface area (Å²) in [6, 6.07) is 10.7. The molecule has 3 aromatic rings. The monoisotopic (exact) mass is 412 g/mol. The number of rotatable bonds is 7. The van der Waals surface area contributed by atoms with Crippen LogP contribution in [-0.4, -0.2) is 24.1 Å². The van der Waals surface area contributed by atoms with Crippen LogP contribution >= 0.6 is 0 Å². The van der Waals surface area contributed by atoms with Crippen LogP contribution in [0.4, 0.5) is 13.2 Å². The van der Waals surface area contributed by atoms with Gasteiger partial charge in [-0.3, -0.25) is 4.98 Å². The fourth-order valence-electron chi connectivity index (χ4n) is 2.46. The lowest BCUT2D eigenvalue weighted by Crippen LogP contribution is -2.30. The molecule has 6 nitrogen and oxygen atoms in total. The number of furan rings is 1. The van der Waals surface area contributed by atoms with E-state index in [0.29, 0.717) is 11.3 Å². The molecule has 1 aromatic carbocycles. The van der Waals surface area contributed by atoms with Gasteiger partial charge in [-0.2, -0.15) is 4.31 Å². The Hall–Kier alpha value is -2.85. The third-order valence-corrected chi connectivity index (χ3v) is 5.50. The second-order valence-corrected chi connectivity index (χ2v) is 7.67. The van der Waals surface area contributed by atoms with Crippen molar-refractivity contribution in [3.8, 4) is 5.75 Å². The zero-order valence-corrected chi connectivity index (χ0v) is 15.2. The quantitative estimate of drug-likeness (QED) is 0.587. The molecular formula is C18H15F3N2O4S. The highest BCUT2D eigenvalue weighted by Crippen LogP contribution is 2.26. The average molecular weight is 412 g/mol.